The zero-order valence-electron chi connectivity index (χ0n) is 25.2. The minimum atomic E-state index is -0.916. The van der Waals surface area contributed by atoms with Gasteiger partial charge in [-0.1, -0.05) is 18.7 Å². The summed E-state index contributed by atoms with van der Waals surface area (Å²) in [5.74, 6) is -0.823. The second-order valence-corrected chi connectivity index (χ2v) is 11.1. The first-order valence-corrected chi connectivity index (χ1v) is 15.1. The highest BCUT2D eigenvalue weighted by Gasteiger charge is 2.32. The molecule has 3 aliphatic rings. The zero-order valence-corrected chi connectivity index (χ0v) is 25.2. The number of rotatable bonds is 9. The van der Waals surface area contributed by atoms with E-state index in [4.69, 9.17) is 14.3 Å². The zero-order chi connectivity index (χ0) is 31.3. The number of ether oxygens (including phenoxy) is 2. The standard InChI is InChI=1S/C32H37F2N7O4/c1-3-31(42)38-24-17-25(28(43-2)18-27(24)40-10-7-21(8-11-40)39-12-15-44-16-13-39)37-29-19-30(36-20-35-29)41-26(9-14-45-41)22-5-4-6-23(33)32(22)34/h3-6,17-21,26H,1,7-16H2,2H3,(H,38,42)(H,35,36,37)/t26-/m1/s1. The maximum atomic E-state index is 14.7. The lowest BCUT2D eigenvalue weighted by molar-refractivity contribution is -0.111. The van der Waals surface area contributed by atoms with Crippen molar-refractivity contribution in [3.05, 3.63) is 72.6 Å². The molecule has 3 aromatic rings. The lowest BCUT2D eigenvalue weighted by Crippen LogP contribution is -2.49. The number of hydrogen-bond donors (Lipinski definition) is 2. The van der Waals surface area contributed by atoms with Crippen LogP contribution in [0.15, 0.2) is 55.4 Å². The topological polar surface area (TPSA) is 104 Å². The third kappa shape index (κ3) is 6.70. The Labute approximate surface area is 260 Å². The number of amides is 1. The number of hydroxylamine groups is 1. The van der Waals surface area contributed by atoms with Gasteiger partial charge in [0.15, 0.2) is 17.5 Å². The molecule has 0 aliphatic carbocycles. The fraction of sp³-hybridized carbons (Fsp3) is 0.406. The van der Waals surface area contributed by atoms with E-state index < -0.39 is 17.7 Å². The molecule has 4 heterocycles. The Hall–Kier alpha value is -4.33. The number of anilines is 5. The molecule has 45 heavy (non-hydrogen) atoms. The molecule has 11 nitrogen and oxygen atoms in total. The van der Waals surface area contributed by atoms with Crippen LogP contribution >= 0.6 is 0 Å². The normalized spacial score (nSPS) is 19.4. The van der Waals surface area contributed by atoms with Gasteiger partial charge in [-0.25, -0.2) is 23.8 Å². The monoisotopic (exact) mass is 621 g/mol. The SMILES string of the molecule is C=CC(=O)Nc1cc(Nc2cc(N3OCC[C@@H]3c3cccc(F)c3F)ncn2)c(OC)cc1N1CCC(N2CCOCC2)CC1. The van der Waals surface area contributed by atoms with Crippen LogP contribution in [0.4, 0.5) is 37.5 Å². The van der Waals surface area contributed by atoms with Crippen molar-refractivity contribution in [1.82, 2.24) is 14.9 Å². The smallest absolute Gasteiger partial charge is 0.247 e. The lowest BCUT2D eigenvalue weighted by atomic mass is 10.0. The predicted octanol–water partition coefficient (Wildman–Crippen LogP) is 4.82. The van der Waals surface area contributed by atoms with Gasteiger partial charge < -0.3 is 25.0 Å². The highest BCUT2D eigenvalue weighted by molar-refractivity contribution is 6.02. The number of nitrogens with zero attached hydrogens (tertiary/aromatic N) is 5. The fourth-order valence-electron chi connectivity index (χ4n) is 6.22. The number of methoxy groups -OCH3 is 1. The van der Waals surface area contributed by atoms with Crippen LogP contribution in [0.25, 0.3) is 0 Å². The molecule has 0 unspecified atom stereocenters. The highest BCUT2D eigenvalue weighted by Crippen LogP contribution is 2.41. The molecule has 3 saturated heterocycles. The molecule has 238 valence electrons. The van der Waals surface area contributed by atoms with Gasteiger partial charge in [0, 0.05) is 56.3 Å². The molecule has 1 aromatic heterocycles. The molecule has 0 bridgehead atoms. The van der Waals surface area contributed by atoms with E-state index in [0.717, 1.165) is 64.0 Å². The molecule has 2 aromatic carbocycles. The van der Waals surface area contributed by atoms with Crippen molar-refractivity contribution in [2.75, 3.05) is 73.7 Å². The minimum Gasteiger partial charge on any atom is -0.494 e. The molecular weight excluding hydrogens is 584 g/mol. The molecular formula is C32H37F2N7O4. The summed E-state index contributed by atoms with van der Waals surface area (Å²) in [6, 6.07) is 9.41. The minimum absolute atomic E-state index is 0.189. The number of morpholine rings is 1. The van der Waals surface area contributed by atoms with E-state index in [1.165, 1.54) is 23.5 Å². The average Bonchev–Trinajstić information content (AvgIpc) is 3.57. The van der Waals surface area contributed by atoms with E-state index in [2.05, 4.69) is 37.0 Å². The van der Waals surface area contributed by atoms with Crippen LogP contribution in [-0.2, 0) is 14.4 Å². The van der Waals surface area contributed by atoms with E-state index in [1.54, 1.807) is 19.2 Å². The van der Waals surface area contributed by atoms with E-state index >= 15 is 0 Å². The fourth-order valence-corrected chi connectivity index (χ4v) is 6.22. The predicted molar refractivity (Wildman–Crippen MR) is 167 cm³/mol. The summed E-state index contributed by atoms with van der Waals surface area (Å²) in [6.07, 6.45) is 5.05. The summed E-state index contributed by atoms with van der Waals surface area (Å²) in [5, 5.41) is 7.69. The van der Waals surface area contributed by atoms with Crippen molar-refractivity contribution in [2.24, 2.45) is 0 Å². The maximum Gasteiger partial charge on any atom is 0.247 e. The van der Waals surface area contributed by atoms with Gasteiger partial charge in [-0.15, -0.1) is 0 Å². The first kappa shape index (κ1) is 30.7. The van der Waals surface area contributed by atoms with Crippen molar-refractivity contribution in [3.63, 3.8) is 0 Å². The number of hydrogen-bond acceptors (Lipinski definition) is 10. The first-order chi connectivity index (χ1) is 21.9. The van der Waals surface area contributed by atoms with Crippen molar-refractivity contribution in [2.45, 2.75) is 31.3 Å². The van der Waals surface area contributed by atoms with E-state index in [1.807, 2.05) is 12.1 Å². The van der Waals surface area contributed by atoms with Crippen LogP contribution in [-0.4, -0.2) is 79.9 Å². The Morgan fingerprint density at radius 3 is 2.60 bits per heavy atom. The van der Waals surface area contributed by atoms with E-state index in [0.29, 0.717) is 47.8 Å². The second kappa shape index (κ2) is 13.8. The molecule has 0 spiro atoms. The molecule has 13 heteroatoms. The molecule has 0 saturated carbocycles. The molecule has 0 radical (unpaired) electrons. The number of carbonyl (C=O) groups excluding carboxylic acids is 1. The van der Waals surface area contributed by atoms with Crippen molar-refractivity contribution in [1.29, 1.82) is 0 Å². The van der Waals surface area contributed by atoms with Gasteiger partial charge in [-0.3, -0.25) is 14.5 Å². The summed E-state index contributed by atoms with van der Waals surface area (Å²) in [5.41, 5.74) is 2.20. The number of carbonyl (C=O) groups is 1. The van der Waals surface area contributed by atoms with E-state index in [9.17, 15) is 13.6 Å². The van der Waals surface area contributed by atoms with E-state index in [-0.39, 0.29) is 11.5 Å². The third-order valence-corrected chi connectivity index (χ3v) is 8.51. The Morgan fingerprint density at radius 2 is 1.84 bits per heavy atom. The van der Waals surface area contributed by atoms with Gasteiger partial charge in [0.2, 0.25) is 5.91 Å². The molecule has 1 amide bonds. The van der Waals surface area contributed by atoms with Gasteiger partial charge in [0.25, 0.3) is 0 Å². The molecule has 6 rings (SSSR count). The van der Waals surface area contributed by atoms with Crippen LogP contribution in [0, 0.1) is 11.6 Å². The van der Waals surface area contributed by atoms with Crippen molar-refractivity contribution >= 4 is 34.6 Å². The summed E-state index contributed by atoms with van der Waals surface area (Å²) < 4.78 is 40.0. The number of piperidine rings is 1. The Bertz CT molecular complexity index is 1530. The van der Waals surface area contributed by atoms with Gasteiger partial charge >= 0.3 is 0 Å². The third-order valence-electron chi connectivity index (χ3n) is 8.51. The maximum absolute atomic E-state index is 14.7. The van der Waals surface area contributed by atoms with Crippen molar-refractivity contribution in [3.8, 4) is 5.75 Å². The Kier molecular flexibility index (Phi) is 9.38. The van der Waals surface area contributed by atoms with Crippen molar-refractivity contribution < 1.29 is 27.9 Å². The second-order valence-electron chi connectivity index (χ2n) is 11.1. The Morgan fingerprint density at radius 1 is 1.04 bits per heavy atom. The summed E-state index contributed by atoms with van der Waals surface area (Å²) in [6.45, 7) is 9.04. The molecule has 3 fully saturated rings. The number of aromatic nitrogens is 2. The molecule has 3 aliphatic heterocycles. The number of halogens is 2. The Balaban J connectivity index is 1.24. The summed E-state index contributed by atoms with van der Waals surface area (Å²) >= 11 is 0. The number of nitrogens with one attached hydrogen (secondary N) is 2. The summed E-state index contributed by atoms with van der Waals surface area (Å²) in [4.78, 5) is 31.7. The number of benzene rings is 2. The summed E-state index contributed by atoms with van der Waals surface area (Å²) in [7, 11) is 1.58. The van der Waals surface area contributed by atoms with Crippen LogP contribution in [0.5, 0.6) is 5.75 Å². The first-order valence-electron chi connectivity index (χ1n) is 15.1. The van der Waals surface area contributed by atoms with Crippen LogP contribution in [0.3, 0.4) is 0 Å². The average molecular weight is 622 g/mol. The molecule has 2 N–H and O–H groups in total. The van der Waals surface area contributed by atoms with Gasteiger partial charge in [-0.2, -0.15) is 0 Å². The van der Waals surface area contributed by atoms with Gasteiger partial charge in [-0.05, 0) is 31.1 Å². The quantitative estimate of drug-likeness (QED) is 0.324. The van der Waals surface area contributed by atoms with Gasteiger partial charge in [0.1, 0.15) is 17.9 Å². The lowest BCUT2D eigenvalue weighted by Gasteiger charge is -2.41. The molecule has 1 atom stereocenters. The van der Waals surface area contributed by atoms with Crippen LogP contribution < -0.4 is 25.3 Å². The van der Waals surface area contributed by atoms with Gasteiger partial charge in [0.05, 0.1) is 50.0 Å². The highest BCUT2D eigenvalue weighted by atomic mass is 19.2. The van der Waals surface area contributed by atoms with Crippen LogP contribution in [0.1, 0.15) is 30.9 Å². The van der Waals surface area contributed by atoms with Crippen LogP contribution in [0.2, 0.25) is 0 Å². The largest absolute Gasteiger partial charge is 0.494 e.